The molecule has 1 aromatic carbocycles. The molecule has 1 amide bonds. The first-order chi connectivity index (χ1) is 11.1. The summed E-state index contributed by atoms with van der Waals surface area (Å²) in [6.45, 7) is 1.74. The van der Waals surface area contributed by atoms with Crippen LogP contribution >= 0.6 is 15.9 Å². The number of anilines is 3. The number of hydrogen-bond donors (Lipinski definition) is 2. The van der Waals surface area contributed by atoms with Gasteiger partial charge in [-0.05, 0) is 37.3 Å². The summed E-state index contributed by atoms with van der Waals surface area (Å²) in [5.41, 5.74) is 1.05. The van der Waals surface area contributed by atoms with Gasteiger partial charge in [0, 0.05) is 16.2 Å². The average molecular weight is 374 g/mol. The Morgan fingerprint density at radius 1 is 1.13 bits per heavy atom. The van der Waals surface area contributed by atoms with Crippen molar-refractivity contribution < 1.29 is 9.32 Å². The van der Waals surface area contributed by atoms with Crippen LogP contribution in [0.2, 0.25) is 0 Å². The van der Waals surface area contributed by atoms with Gasteiger partial charge in [-0.1, -0.05) is 27.2 Å². The minimum absolute atomic E-state index is 0.186. The molecule has 0 radical (unpaired) electrons. The zero-order valence-electron chi connectivity index (χ0n) is 12.1. The van der Waals surface area contributed by atoms with Crippen molar-refractivity contribution in [1.82, 2.24) is 15.4 Å². The van der Waals surface area contributed by atoms with Gasteiger partial charge in [-0.15, -0.1) is 10.2 Å². The summed E-state index contributed by atoms with van der Waals surface area (Å²) in [4.78, 5) is 12.0. The van der Waals surface area contributed by atoms with Gasteiger partial charge < -0.3 is 15.2 Å². The van der Waals surface area contributed by atoms with Crippen LogP contribution in [0, 0.1) is 6.92 Å². The number of aryl methyl sites for hydroxylation is 1. The van der Waals surface area contributed by atoms with E-state index in [9.17, 15) is 4.79 Å². The number of nitrogens with zero attached hydrogens (tertiary/aromatic N) is 3. The Labute approximate surface area is 140 Å². The predicted octanol–water partition coefficient (Wildman–Crippen LogP) is 3.53. The van der Waals surface area contributed by atoms with E-state index >= 15 is 0 Å². The number of carbonyl (C=O) groups is 1. The summed E-state index contributed by atoms with van der Waals surface area (Å²) in [7, 11) is 0. The average Bonchev–Trinajstić information content (AvgIpc) is 2.93. The Balaban J connectivity index is 1.68. The van der Waals surface area contributed by atoms with Crippen molar-refractivity contribution >= 4 is 39.2 Å². The van der Waals surface area contributed by atoms with Gasteiger partial charge in [0.1, 0.15) is 5.76 Å². The van der Waals surface area contributed by atoms with Crippen molar-refractivity contribution in [2.45, 2.75) is 6.92 Å². The number of halogens is 1. The first-order valence-electron chi connectivity index (χ1n) is 6.71. The predicted molar refractivity (Wildman–Crippen MR) is 88.6 cm³/mol. The molecule has 0 aliphatic heterocycles. The molecule has 2 aromatic heterocycles. The maximum Gasteiger partial charge on any atom is 0.277 e. The summed E-state index contributed by atoms with van der Waals surface area (Å²) in [5, 5.41) is 17.3. The van der Waals surface area contributed by atoms with E-state index in [1.807, 2.05) is 24.3 Å². The quantitative estimate of drug-likeness (QED) is 0.726. The van der Waals surface area contributed by atoms with Crippen molar-refractivity contribution in [3.8, 4) is 0 Å². The summed E-state index contributed by atoms with van der Waals surface area (Å²) in [6, 6.07) is 12.5. The lowest BCUT2D eigenvalue weighted by Crippen LogP contribution is -2.14. The first kappa shape index (κ1) is 15.2. The van der Waals surface area contributed by atoms with E-state index in [1.165, 1.54) is 0 Å². The summed E-state index contributed by atoms with van der Waals surface area (Å²) < 4.78 is 5.83. The van der Waals surface area contributed by atoms with Crippen molar-refractivity contribution in [2.24, 2.45) is 0 Å². The maximum absolute atomic E-state index is 12.0. The number of nitrogens with one attached hydrogen (secondary N) is 2. The topological polar surface area (TPSA) is 92.9 Å². The number of hydrogen-bond acceptors (Lipinski definition) is 6. The smallest absolute Gasteiger partial charge is 0.277 e. The molecule has 2 heterocycles. The number of aromatic nitrogens is 3. The van der Waals surface area contributed by atoms with Crippen molar-refractivity contribution in [1.29, 1.82) is 0 Å². The molecule has 7 nitrogen and oxygen atoms in total. The van der Waals surface area contributed by atoms with Gasteiger partial charge in [0.2, 0.25) is 0 Å². The van der Waals surface area contributed by atoms with Gasteiger partial charge in [-0.3, -0.25) is 4.79 Å². The van der Waals surface area contributed by atoms with Gasteiger partial charge in [0.25, 0.3) is 5.91 Å². The molecular weight excluding hydrogens is 362 g/mol. The number of amides is 1. The molecule has 3 rings (SSSR count). The molecule has 3 aromatic rings. The van der Waals surface area contributed by atoms with E-state index in [0.717, 1.165) is 10.2 Å². The molecule has 0 unspecified atom stereocenters. The monoisotopic (exact) mass is 373 g/mol. The second-order valence-electron chi connectivity index (χ2n) is 4.72. The maximum atomic E-state index is 12.0. The van der Waals surface area contributed by atoms with Gasteiger partial charge in [0.05, 0.1) is 0 Å². The molecule has 0 aliphatic carbocycles. The zero-order valence-corrected chi connectivity index (χ0v) is 13.7. The fraction of sp³-hybridized carbons (Fsp3) is 0.0667. The van der Waals surface area contributed by atoms with E-state index in [1.54, 1.807) is 25.1 Å². The number of rotatable bonds is 4. The Morgan fingerprint density at radius 3 is 2.65 bits per heavy atom. The van der Waals surface area contributed by atoms with Crippen LogP contribution in [0.25, 0.3) is 0 Å². The Hall–Kier alpha value is -2.74. The van der Waals surface area contributed by atoms with Crippen LogP contribution in [-0.4, -0.2) is 21.3 Å². The summed E-state index contributed by atoms with van der Waals surface area (Å²) in [6.07, 6.45) is 0. The third kappa shape index (κ3) is 3.92. The van der Waals surface area contributed by atoms with Gasteiger partial charge in [0.15, 0.2) is 17.3 Å². The zero-order chi connectivity index (χ0) is 16.2. The third-order valence-corrected chi connectivity index (χ3v) is 3.36. The van der Waals surface area contributed by atoms with Crippen LogP contribution in [0.4, 0.5) is 17.3 Å². The fourth-order valence-corrected chi connectivity index (χ4v) is 2.24. The van der Waals surface area contributed by atoms with Crippen LogP contribution < -0.4 is 10.6 Å². The van der Waals surface area contributed by atoms with E-state index in [4.69, 9.17) is 4.52 Å². The third-order valence-electron chi connectivity index (χ3n) is 2.86. The lowest BCUT2D eigenvalue weighted by molar-refractivity contribution is 0.102. The van der Waals surface area contributed by atoms with Gasteiger partial charge in [-0.25, -0.2) is 0 Å². The van der Waals surface area contributed by atoms with Crippen molar-refractivity contribution in [3.63, 3.8) is 0 Å². The highest BCUT2D eigenvalue weighted by atomic mass is 79.9. The SMILES string of the molecule is Cc1cc(NC(=O)c2ccc(Nc3cccc(Br)c3)nn2)no1. The van der Waals surface area contributed by atoms with Crippen LogP contribution in [-0.2, 0) is 0 Å². The van der Waals surface area contributed by atoms with Gasteiger partial charge in [-0.2, -0.15) is 0 Å². The molecule has 23 heavy (non-hydrogen) atoms. The molecule has 0 spiro atoms. The number of carbonyl (C=O) groups excluding carboxylic acids is 1. The lowest BCUT2D eigenvalue weighted by Gasteiger charge is -2.06. The molecule has 2 N–H and O–H groups in total. The van der Waals surface area contributed by atoms with Crippen LogP contribution in [0.1, 0.15) is 16.2 Å². The second kappa shape index (κ2) is 6.57. The van der Waals surface area contributed by atoms with Crippen LogP contribution in [0.3, 0.4) is 0 Å². The molecule has 0 fully saturated rings. The largest absolute Gasteiger partial charge is 0.360 e. The highest BCUT2D eigenvalue weighted by Gasteiger charge is 2.11. The highest BCUT2D eigenvalue weighted by Crippen LogP contribution is 2.19. The molecule has 0 bridgehead atoms. The minimum atomic E-state index is -0.403. The van der Waals surface area contributed by atoms with E-state index < -0.39 is 5.91 Å². The Bertz CT molecular complexity index is 832. The van der Waals surface area contributed by atoms with Gasteiger partial charge >= 0.3 is 0 Å². The summed E-state index contributed by atoms with van der Waals surface area (Å²) in [5.74, 6) is 1.09. The first-order valence-corrected chi connectivity index (χ1v) is 7.50. The number of benzene rings is 1. The van der Waals surface area contributed by atoms with Crippen molar-refractivity contribution in [2.75, 3.05) is 10.6 Å². The fourth-order valence-electron chi connectivity index (χ4n) is 1.84. The molecule has 0 saturated heterocycles. The lowest BCUT2D eigenvalue weighted by atomic mass is 10.3. The van der Waals surface area contributed by atoms with E-state index in [2.05, 4.69) is 41.9 Å². The minimum Gasteiger partial charge on any atom is -0.360 e. The molecule has 0 aliphatic rings. The Kier molecular flexibility index (Phi) is 4.33. The molecular formula is C15H12BrN5O2. The van der Waals surface area contributed by atoms with Crippen molar-refractivity contribution in [3.05, 3.63) is 58.4 Å². The van der Waals surface area contributed by atoms with Crippen LogP contribution in [0.5, 0.6) is 0 Å². The normalized spacial score (nSPS) is 10.3. The molecule has 0 saturated carbocycles. The summed E-state index contributed by atoms with van der Waals surface area (Å²) >= 11 is 3.40. The molecule has 0 atom stereocenters. The molecule has 116 valence electrons. The van der Waals surface area contributed by atoms with E-state index in [0.29, 0.717) is 17.4 Å². The Morgan fingerprint density at radius 2 is 2.00 bits per heavy atom. The van der Waals surface area contributed by atoms with E-state index in [-0.39, 0.29) is 5.69 Å². The second-order valence-corrected chi connectivity index (χ2v) is 5.63. The standard InChI is InChI=1S/C15H12BrN5O2/c1-9-7-14(21-23-9)18-15(22)12-5-6-13(20-19-12)17-11-4-2-3-10(16)8-11/h2-8H,1H3,(H,17,20)(H,18,21,22). The highest BCUT2D eigenvalue weighted by molar-refractivity contribution is 9.10. The van der Waals surface area contributed by atoms with Crippen LogP contribution in [0.15, 0.2) is 51.5 Å². The molecule has 8 heteroatoms.